The lowest BCUT2D eigenvalue weighted by molar-refractivity contribution is 0.469. The lowest BCUT2D eigenvalue weighted by Gasteiger charge is -2.05. The fourth-order valence-corrected chi connectivity index (χ4v) is 2.89. The molecule has 0 aliphatic carbocycles. The minimum Gasteiger partial charge on any atom is -0.507 e. The number of aromatic nitrogens is 1. The van der Waals surface area contributed by atoms with Crippen molar-refractivity contribution in [2.75, 3.05) is 0 Å². The van der Waals surface area contributed by atoms with Crippen LogP contribution in [-0.2, 0) is 12.8 Å². The highest BCUT2D eigenvalue weighted by Gasteiger charge is 2.05. The van der Waals surface area contributed by atoms with Crippen molar-refractivity contribution in [1.82, 2.24) is 4.98 Å². The van der Waals surface area contributed by atoms with Crippen LogP contribution in [0.1, 0.15) is 22.4 Å². The van der Waals surface area contributed by atoms with E-state index in [4.69, 9.17) is 0 Å². The minimum absolute atomic E-state index is 0.137. The van der Waals surface area contributed by atoms with E-state index in [0.717, 1.165) is 11.1 Å². The van der Waals surface area contributed by atoms with Crippen molar-refractivity contribution < 1.29 is 10.2 Å². The van der Waals surface area contributed by atoms with Gasteiger partial charge in [-0.1, -0.05) is 42.5 Å². The first-order valence-electron chi connectivity index (χ1n) is 9.51. The summed E-state index contributed by atoms with van der Waals surface area (Å²) in [6, 6.07) is 16.3. The zero-order valence-electron chi connectivity index (χ0n) is 16.6. The SMILES string of the molecule is C=CCc1cccc(C=Nc2cccc(C=Nc3cccc(CC=C)c3O)n2)c1O. The smallest absolute Gasteiger partial charge is 0.152 e. The molecule has 0 spiro atoms. The number of benzene rings is 2. The molecule has 0 saturated carbocycles. The summed E-state index contributed by atoms with van der Waals surface area (Å²) in [7, 11) is 0. The summed E-state index contributed by atoms with van der Waals surface area (Å²) in [5.74, 6) is 0.809. The maximum Gasteiger partial charge on any atom is 0.152 e. The number of pyridine rings is 1. The van der Waals surface area contributed by atoms with Gasteiger partial charge in [-0.25, -0.2) is 9.98 Å². The largest absolute Gasteiger partial charge is 0.507 e. The maximum atomic E-state index is 10.3. The summed E-state index contributed by atoms with van der Waals surface area (Å²) in [5, 5.41) is 20.7. The molecule has 0 saturated heterocycles. The Kier molecular flexibility index (Phi) is 6.90. The molecule has 0 atom stereocenters. The van der Waals surface area contributed by atoms with E-state index in [0.29, 0.717) is 35.6 Å². The van der Waals surface area contributed by atoms with Crippen molar-refractivity contribution in [2.45, 2.75) is 12.8 Å². The third-order valence-electron chi connectivity index (χ3n) is 4.41. The van der Waals surface area contributed by atoms with Gasteiger partial charge >= 0.3 is 0 Å². The number of hydrogen-bond donors (Lipinski definition) is 2. The molecule has 0 amide bonds. The number of rotatable bonds is 8. The second-order valence-corrected chi connectivity index (χ2v) is 6.56. The second-order valence-electron chi connectivity index (χ2n) is 6.56. The third kappa shape index (κ3) is 5.08. The van der Waals surface area contributed by atoms with Gasteiger partial charge in [-0.15, -0.1) is 13.2 Å². The van der Waals surface area contributed by atoms with Gasteiger partial charge in [0.25, 0.3) is 0 Å². The molecule has 0 radical (unpaired) electrons. The summed E-state index contributed by atoms with van der Waals surface area (Å²) in [6.45, 7) is 7.40. The fraction of sp³-hybridized carbons (Fsp3) is 0.0800. The number of phenolic OH excluding ortho intramolecular Hbond substituents is 2. The molecule has 1 heterocycles. The van der Waals surface area contributed by atoms with Crippen LogP contribution in [0, 0.1) is 0 Å². The van der Waals surface area contributed by atoms with Crippen LogP contribution in [-0.4, -0.2) is 27.6 Å². The Labute approximate surface area is 176 Å². The molecular formula is C25H23N3O2. The van der Waals surface area contributed by atoms with E-state index in [2.05, 4.69) is 28.1 Å². The molecular weight excluding hydrogens is 374 g/mol. The van der Waals surface area contributed by atoms with Crippen LogP contribution in [0.2, 0.25) is 0 Å². The van der Waals surface area contributed by atoms with Crippen LogP contribution >= 0.6 is 0 Å². The minimum atomic E-state index is 0.137. The van der Waals surface area contributed by atoms with E-state index in [-0.39, 0.29) is 11.5 Å². The van der Waals surface area contributed by atoms with E-state index >= 15 is 0 Å². The average Bonchev–Trinajstić information content (AvgIpc) is 2.75. The van der Waals surface area contributed by atoms with E-state index < -0.39 is 0 Å². The Hall–Kier alpha value is -3.99. The van der Waals surface area contributed by atoms with E-state index in [1.54, 1.807) is 48.8 Å². The Morgan fingerprint density at radius 1 is 0.767 bits per heavy atom. The standard InChI is InChI=1S/C25H23N3O2/c1-3-8-18-10-5-12-20(24(18)29)16-27-23-15-7-13-21(28-23)17-26-22-14-6-11-19(9-4-2)25(22)30/h3-7,10-17,29-30H,1-2,8-9H2. The highest BCUT2D eigenvalue weighted by atomic mass is 16.3. The number of phenols is 2. The highest BCUT2D eigenvalue weighted by Crippen LogP contribution is 2.30. The third-order valence-corrected chi connectivity index (χ3v) is 4.41. The van der Waals surface area contributed by atoms with Gasteiger partial charge in [0.1, 0.15) is 17.2 Å². The molecule has 0 bridgehead atoms. The number of aliphatic imine (C=N–C) groups is 2. The molecule has 3 rings (SSSR count). The van der Waals surface area contributed by atoms with Gasteiger partial charge in [-0.3, -0.25) is 4.99 Å². The molecule has 3 aromatic rings. The van der Waals surface area contributed by atoms with E-state index in [1.807, 2.05) is 30.3 Å². The molecule has 150 valence electrons. The van der Waals surface area contributed by atoms with Gasteiger partial charge < -0.3 is 10.2 Å². The lowest BCUT2D eigenvalue weighted by atomic mass is 10.1. The molecule has 1 aromatic heterocycles. The molecule has 0 unspecified atom stereocenters. The monoisotopic (exact) mass is 397 g/mol. The highest BCUT2D eigenvalue weighted by molar-refractivity contribution is 5.86. The van der Waals surface area contributed by atoms with Gasteiger partial charge in [0.15, 0.2) is 5.82 Å². The first-order valence-corrected chi connectivity index (χ1v) is 9.51. The lowest BCUT2D eigenvalue weighted by Crippen LogP contribution is -1.90. The van der Waals surface area contributed by atoms with Crippen LogP contribution in [0.4, 0.5) is 11.5 Å². The van der Waals surface area contributed by atoms with Crippen LogP contribution in [0.3, 0.4) is 0 Å². The van der Waals surface area contributed by atoms with Crippen molar-refractivity contribution in [1.29, 1.82) is 0 Å². The second kappa shape index (κ2) is 9.98. The Morgan fingerprint density at radius 2 is 1.43 bits per heavy atom. The first-order chi connectivity index (χ1) is 14.6. The Bertz CT molecular complexity index is 1030. The Morgan fingerprint density at radius 3 is 2.17 bits per heavy atom. The summed E-state index contributed by atoms with van der Waals surface area (Å²) in [6.07, 6.45) is 7.78. The molecule has 0 fully saturated rings. The zero-order chi connectivity index (χ0) is 21.3. The molecule has 0 aliphatic rings. The maximum absolute atomic E-state index is 10.3. The number of nitrogens with zero attached hydrogens (tertiary/aromatic N) is 3. The van der Waals surface area contributed by atoms with Gasteiger partial charge in [0.2, 0.25) is 0 Å². The number of para-hydroxylation sites is 2. The zero-order valence-corrected chi connectivity index (χ0v) is 16.6. The topological polar surface area (TPSA) is 78.1 Å². The van der Waals surface area contributed by atoms with Crippen LogP contribution in [0.25, 0.3) is 0 Å². The molecule has 5 nitrogen and oxygen atoms in total. The van der Waals surface area contributed by atoms with Crippen LogP contribution < -0.4 is 0 Å². The van der Waals surface area contributed by atoms with Crippen molar-refractivity contribution >= 4 is 23.9 Å². The van der Waals surface area contributed by atoms with Crippen molar-refractivity contribution in [2.24, 2.45) is 9.98 Å². The number of hydrogen-bond acceptors (Lipinski definition) is 5. The van der Waals surface area contributed by atoms with Crippen molar-refractivity contribution in [3.63, 3.8) is 0 Å². The predicted molar refractivity (Wildman–Crippen MR) is 123 cm³/mol. The molecule has 5 heteroatoms. The quantitative estimate of drug-likeness (QED) is 0.392. The fourth-order valence-electron chi connectivity index (χ4n) is 2.89. The van der Waals surface area contributed by atoms with Crippen molar-refractivity contribution in [3.8, 4) is 11.5 Å². The summed E-state index contributed by atoms with van der Waals surface area (Å²) >= 11 is 0. The first kappa shape index (κ1) is 20.7. The van der Waals surface area contributed by atoms with E-state index in [9.17, 15) is 10.2 Å². The Balaban J connectivity index is 1.80. The van der Waals surface area contributed by atoms with Gasteiger partial charge in [0, 0.05) is 11.8 Å². The predicted octanol–water partition coefficient (Wildman–Crippen LogP) is 5.45. The summed E-state index contributed by atoms with van der Waals surface area (Å²) in [5.41, 5.74) is 3.24. The van der Waals surface area contributed by atoms with Gasteiger partial charge in [0.05, 0.1) is 11.9 Å². The van der Waals surface area contributed by atoms with E-state index in [1.165, 1.54) is 0 Å². The molecule has 2 aromatic carbocycles. The molecule has 2 N–H and O–H groups in total. The number of allylic oxidation sites excluding steroid dienone is 2. The average molecular weight is 397 g/mol. The normalized spacial score (nSPS) is 11.2. The molecule has 30 heavy (non-hydrogen) atoms. The summed E-state index contributed by atoms with van der Waals surface area (Å²) < 4.78 is 0. The molecule has 0 aliphatic heterocycles. The van der Waals surface area contributed by atoms with Gasteiger partial charge in [-0.05, 0) is 48.2 Å². The van der Waals surface area contributed by atoms with Crippen molar-refractivity contribution in [3.05, 3.63) is 102 Å². The number of aromatic hydroxyl groups is 2. The van der Waals surface area contributed by atoms with Gasteiger partial charge in [-0.2, -0.15) is 0 Å². The van der Waals surface area contributed by atoms with Crippen LogP contribution in [0.15, 0.2) is 89.9 Å². The van der Waals surface area contributed by atoms with Crippen LogP contribution in [0.5, 0.6) is 11.5 Å². The summed E-state index contributed by atoms with van der Waals surface area (Å²) in [4.78, 5) is 13.2.